The van der Waals surface area contributed by atoms with E-state index in [0.29, 0.717) is 28.8 Å². The maximum absolute atomic E-state index is 11.9. The van der Waals surface area contributed by atoms with Gasteiger partial charge in [0, 0.05) is 5.92 Å². The Kier molecular flexibility index (Phi) is 6.69. The molecule has 1 atom stereocenters. The summed E-state index contributed by atoms with van der Waals surface area (Å²) in [5.74, 6) is 1.04. The Morgan fingerprint density at radius 3 is 2.43 bits per heavy atom. The first-order valence-electron chi connectivity index (χ1n) is 9.80. The maximum Gasteiger partial charge on any atom is 0.337 e. The fourth-order valence-corrected chi connectivity index (χ4v) is 4.08. The zero-order valence-electron chi connectivity index (χ0n) is 16.5. The highest BCUT2D eigenvalue weighted by Gasteiger charge is 2.29. The van der Waals surface area contributed by atoms with Gasteiger partial charge in [0.2, 0.25) is 0 Å². The van der Waals surface area contributed by atoms with Gasteiger partial charge in [0.05, 0.1) is 25.5 Å². The fourth-order valence-electron chi connectivity index (χ4n) is 4.08. The van der Waals surface area contributed by atoms with Crippen LogP contribution in [0.15, 0.2) is 48.5 Å². The van der Waals surface area contributed by atoms with Gasteiger partial charge in [-0.2, -0.15) is 0 Å². The van der Waals surface area contributed by atoms with Gasteiger partial charge in [-0.25, -0.2) is 4.79 Å². The third-order valence-electron chi connectivity index (χ3n) is 5.48. The molecular formula is C23H28N2O3. The molecule has 1 aliphatic rings. The first kappa shape index (κ1) is 19.9. The van der Waals surface area contributed by atoms with Crippen molar-refractivity contribution in [2.75, 3.05) is 19.5 Å². The average molecular weight is 380 g/mol. The highest BCUT2D eigenvalue weighted by Crippen LogP contribution is 2.38. The highest BCUT2D eigenvalue weighted by molar-refractivity contribution is 6.00. The largest absolute Gasteiger partial charge is 0.495 e. The number of hydrogen-bond acceptors (Lipinski definition) is 4. The summed E-state index contributed by atoms with van der Waals surface area (Å²) < 4.78 is 10.3. The summed E-state index contributed by atoms with van der Waals surface area (Å²) in [5.41, 5.74) is 2.18. The Morgan fingerprint density at radius 1 is 1.07 bits per heavy atom. The molecule has 0 radical (unpaired) electrons. The molecule has 5 nitrogen and oxygen atoms in total. The lowest BCUT2D eigenvalue weighted by Crippen LogP contribution is -2.28. The van der Waals surface area contributed by atoms with Crippen molar-refractivity contribution in [1.29, 1.82) is 5.41 Å². The van der Waals surface area contributed by atoms with Gasteiger partial charge in [0.1, 0.15) is 11.6 Å². The summed E-state index contributed by atoms with van der Waals surface area (Å²) >= 11 is 0. The van der Waals surface area contributed by atoms with Gasteiger partial charge in [-0.15, -0.1) is 0 Å². The first-order chi connectivity index (χ1) is 13.6. The van der Waals surface area contributed by atoms with Crippen molar-refractivity contribution in [3.05, 3.63) is 59.7 Å². The number of methoxy groups -OCH3 is 2. The van der Waals surface area contributed by atoms with Crippen molar-refractivity contribution in [1.82, 2.24) is 0 Å². The van der Waals surface area contributed by atoms with Crippen LogP contribution in [0.2, 0.25) is 0 Å². The molecule has 0 aliphatic heterocycles. The third-order valence-corrected chi connectivity index (χ3v) is 5.48. The van der Waals surface area contributed by atoms with Crippen LogP contribution < -0.4 is 10.1 Å². The Hall–Kier alpha value is -2.82. The summed E-state index contributed by atoms with van der Waals surface area (Å²) in [7, 11) is 2.94. The zero-order chi connectivity index (χ0) is 19.9. The standard InChI is InChI=1S/C23H28N2O3/c1-27-20-14-13-18(23(26)28-2)15-19(20)25-22(24)21(16-9-5-3-6-10-16)17-11-7-4-8-12-17/h3,5-6,9-10,13-15,17,21H,4,7-8,11-12H2,1-2H3,(H2,24,25). The number of esters is 1. The Labute approximate surface area is 166 Å². The molecule has 1 aliphatic carbocycles. The number of hydrogen-bond donors (Lipinski definition) is 2. The van der Waals surface area contributed by atoms with Crippen molar-refractivity contribution < 1.29 is 14.3 Å². The molecule has 2 aromatic carbocycles. The molecule has 1 fully saturated rings. The summed E-state index contributed by atoms with van der Waals surface area (Å²) in [5, 5.41) is 12.1. The second-order valence-corrected chi connectivity index (χ2v) is 7.23. The summed E-state index contributed by atoms with van der Waals surface area (Å²) in [4.78, 5) is 11.9. The molecule has 0 heterocycles. The van der Waals surface area contributed by atoms with E-state index >= 15 is 0 Å². The van der Waals surface area contributed by atoms with Crippen molar-refractivity contribution in [2.24, 2.45) is 5.92 Å². The second-order valence-electron chi connectivity index (χ2n) is 7.23. The summed E-state index contributed by atoms with van der Waals surface area (Å²) in [6.45, 7) is 0. The molecule has 148 valence electrons. The predicted molar refractivity (Wildman–Crippen MR) is 111 cm³/mol. The van der Waals surface area contributed by atoms with Gasteiger partial charge in [-0.3, -0.25) is 5.41 Å². The van der Waals surface area contributed by atoms with E-state index in [4.69, 9.17) is 14.9 Å². The number of amidine groups is 1. The minimum atomic E-state index is -0.413. The summed E-state index contributed by atoms with van der Waals surface area (Å²) in [6, 6.07) is 15.3. The van der Waals surface area contributed by atoms with Gasteiger partial charge < -0.3 is 14.8 Å². The number of nitrogens with one attached hydrogen (secondary N) is 2. The van der Waals surface area contributed by atoms with Crippen LogP contribution >= 0.6 is 0 Å². The van der Waals surface area contributed by atoms with Gasteiger partial charge in [-0.05, 0) is 42.5 Å². The molecular weight excluding hydrogens is 352 g/mol. The number of benzene rings is 2. The predicted octanol–water partition coefficient (Wildman–Crippen LogP) is 5.24. The molecule has 0 bridgehead atoms. The van der Waals surface area contributed by atoms with Crippen molar-refractivity contribution in [3.63, 3.8) is 0 Å². The number of anilines is 1. The topological polar surface area (TPSA) is 71.4 Å². The number of rotatable bonds is 6. The molecule has 0 saturated heterocycles. The highest BCUT2D eigenvalue weighted by atomic mass is 16.5. The molecule has 0 aromatic heterocycles. The van der Waals surface area contributed by atoms with Crippen LogP contribution in [0.25, 0.3) is 0 Å². The van der Waals surface area contributed by atoms with E-state index in [2.05, 4.69) is 17.4 Å². The van der Waals surface area contributed by atoms with Crippen LogP contribution in [-0.2, 0) is 4.74 Å². The van der Waals surface area contributed by atoms with E-state index in [1.807, 2.05) is 18.2 Å². The van der Waals surface area contributed by atoms with Crippen LogP contribution in [-0.4, -0.2) is 26.0 Å². The van der Waals surface area contributed by atoms with Crippen LogP contribution in [0, 0.1) is 11.3 Å². The van der Waals surface area contributed by atoms with E-state index in [-0.39, 0.29) is 5.92 Å². The van der Waals surface area contributed by atoms with Gasteiger partial charge in [-0.1, -0.05) is 49.6 Å². The molecule has 3 rings (SSSR count). The van der Waals surface area contributed by atoms with Crippen molar-refractivity contribution >= 4 is 17.5 Å². The lowest BCUT2D eigenvalue weighted by Gasteiger charge is -2.31. The normalized spacial score (nSPS) is 15.5. The van der Waals surface area contributed by atoms with E-state index in [9.17, 15) is 4.79 Å². The number of carbonyl (C=O) groups is 1. The van der Waals surface area contributed by atoms with Crippen LogP contribution in [0.3, 0.4) is 0 Å². The quantitative estimate of drug-likeness (QED) is 0.409. The lowest BCUT2D eigenvalue weighted by atomic mass is 9.76. The first-order valence-corrected chi connectivity index (χ1v) is 9.80. The molecule has 2 N–H and O–H groups in total. The van der Waals surface area contributed by atoms with Gasteiger partial charge in [0.25, 0.3) is 0 Å². The second kappa shape index (κ2) is 9.40. The summed E-state index contributed by atoms with van der Waals surface area (Å²) in [6.07, 6.45) is 5.95. The maximum atomic E-state index is 11.9. The monoisotopic (exact) mass is 380 g/mol. The average Bonchev–Trinajstić information content (AvgIpc) is 2.75. The molecule has 0 spiro atoms. The van der Waals surface area contributed by atoms with Crippen LogP contribution in [0.1, 0.15) is 53.9 Å². The van der Waals surface area contributed by atoms with Crippen LogP contribution in [0.5, 0.6) is 5.75 Å². The SMILES string of the molecule is COC(=O)c1ccc(OC)c(NC(=N)C(c2ccccc2)C2CCCCC2)c1. The lowest BCUT2D eigenvalue weighted by molar-refractivity contribution is 0.0600. The minimum Gasteiger partial charge on any atom is -0.495 e. The molecule has 1 unspecified atom stereocenters. The molecule has 2 aromatic rings. The fraction of sp³-hybridized carbons (Fsp3) is 0.391. The third kappa shape index (κ3) is 4.53. The number of carbonyl (C=O) groups excluding carboxylic acids is 1. The van der Waals surface area contributed by atoms with Crippen molar-refractivity contribution in [2.45, 2.75) is 38.0 Å². The van der Waals surface area contributed by atoms with Gasteiger partial charge >= 0.3 is 5.97 Å². The van der Waals surface area contributed by atoms with E-state index in [0.717, 1.165) is 18.4 Å². The number of ether oxygens (including phenoxy) is 2. The van der Waals surface area contributed by atoms with E-state index in [1.54, 1.807) is 25.3 Å². The molecule has 28 heavy (non-hydrogen) atoms. The molecule has 0 amide bonds. The smallest absolute Gasteiger partial charge is 0.337 e. The Bertz CT molecular complexity index is 814. The molecule has 1 saturated carbocycles. The van der Waals surface area contributed by atoms with Crippen molar-refractivity contribution in [3.8, 4) is 5.75 Å². The molecule has 5 heteroatoms. The van der Waals surface area contributed by atoms with Gasteiger partial charge in [0.15, 0.2) is 0 Å². The Balaban J connectivity index is 1.90. The minimum absolute atomic E-state index is 0.00649. The zero-order valence-corrected chi connectivity index (χ0v) is 16.5. The van der Waals surface area contributed by atoms with E-state index < -0.39 is 5.97 Å². The van der Waals surface area contributed by atoms with Crippen LogP contribution in [0.4, 0.5) is 5.69 Å². The Morgan fingerprint density at radius 2 is 1.79 bits per heavy atom. The van der Waals surface area contributed by atoms with E-state index in [1.165, 1.54) is 26.4 Å².